The Morgan fingerprint density at radius 1 is 0.291 bits per heavy atom. The van der Waals surface area contributed by atoms with Crippen LogP contribution in [0.25, 0.3) is 133 Å². The number of ether oxygens (including phenoxy) is 1. The third-order valence-electron chi connectivity index (χ3n) is 23.7. The molecule has 0 saturated carbocycles. The van der Waals surface area contributed by atoms with Crippen molar-refractivity contribution in [3.05, 3.63) is 387 Å². The Bertz CT molecular complexity index is 8480. The number of hydrogen-bond donors (Lipinski definition) is 0. The Kier molecular flexibility index (Phi) is 11.1. The van der Waals surface area contributed by atoms with Crippen LogP contribution in [0.4, 0.5) is 34.1 Å². The fraction of sp³-hybridized carbons (Fsp3) is 0.0727. The minimum absolute atomic E-state index is 0.00457. The first-order valence-electron chi connectivity index (χ1n) is 50.3. The molecule has 4 aliphatic heterocycles. The van der Waals surface area contributed by atoms with Crippen LogP contribution in [-0.4, -0.2) is 22.6 Å². The Hall–Kier alpha value is -14.1. The Morgan fingerprint density at radius 2 is 0.769 bits per heavy atom. The molecule has 23 rings (SSSR count). The molecule has 0 fully saturated rings. The van der Waals surface area contributed by atoms with Crippen molar-refractivity contribution in [2.24, 2.45) is 0 Å². The Labute approximate surface area is 714 Å². The molecule has 5 nitrogen and oxygen atoms in total. The van der Waals surface area contributed by atoms with Crippen molar-refractivity contribution in [1.82, 2.24) is 9.13 Å². The van der Waals surface area contributed by atoms with Crippen LogP contribution in [0.1, 0.15) is 82.8 Å². The summed E-state index contributed by atoms with van der Waals surface area (Å²) in [6.07, 6.45) is 0. The first kappa shape index (κ1) is 49.5. The number of nitrogens with zero attached hydrogens (tertiary/aromatic N) is 4. The number of anilines is 6. The van der Waals surface area contributed by atoms with Crippen molar-refractivity contribution < 1.29 is 34.9 Å². The van der Waals surface area contributed by atoms with Gasteiger partial charge in [-0.1, -0.05) is 332 Å². The van der Waals surface area contributed by atoms with Gasteiger partial charge in [-0.15, -0.1) is 0 Å². The molecule has 0 aliphatic carbocycles. The van der Waals surface area contributed by atoms with Gasteiger partial charge in [0.1, 0.15) is 11.5 Å². The SMILES string of the molecule is [2H]c1c([2H])c([2H])c(-c2c([2H])c([2H])c3c(c2[2H])c2c([2H])c([2H])c([2H])c4c2n3-c2cc3c(c5c2B4c2ccc(-c4ccccc4)cc2O5)N(c2c(-c4ccccc4)cc(C(C)(C)C)cc2-c2ccccc2)c2cc(-c4ccccc4)cc4c2B3c2c([2H])c([2H])c(-n3c5c([2H])c([2H])c([2H])c([2H])c5c5c([2H])c([2H])c([2H])c([2H])c53)c([2H])c2N4c2c(-c3ccccc3)cc(C(C)(C)C)cc2-c2ccccc2)c([2H])c1[2H]. The topological polar surface area (TPSA) is 25.6 Å². The van der Waals surface area contributed by atoms with Crippen molar-refractivity contribution in [3.8, 4) is 101 Å². The zero-order valence-electron chi connectivity index (χ0n) is 86.4. The smallest absolute Gasteiger partial charge is 0.256 e. The van der Waals surface area contributed by atoms with Crippen LogP contribution >= 0.6 is 0 Å². The molecule has 0 radical (unpaired) electrons. The van der Waals surface area contributed by atoms with Crippen LogP contribution in [0.2, 0.25) is 0 Å². The Balaban J connectivity index is 0.997. The van der Waals surface area contributed by atoms with Gasteiger partial charge in [-0.25, -0.2) is 0 Å². The highest BCUT2D eigenvalue weighted by atomic mass is 16.5. The minimum Gasteiger partial charge on any atom is -0.456 e. The lowest BCUT2D eigenvalue weighted by Crippen LogP contribution is -2.64. The van der Waals surface area contributed by atoms with Crippen LogP contribution in [-0.2, 0) is 10.8 Å². The summed E-state index contributed by atoms with van der Waals surface area (Å²) >= 11 is 0. The molecule has 0 atom stereocenters. The first-order chi connectivity index (χ1) is 66.5. The normalized spacial score (nSPS) is 15.7. The maximum atomic E-state index is 12.1. The second-order valence-corrected chi connectivity index (χ2v) is 32.5. The highest BCUT2D eigenvalue weighted by Gasteiger charge is 2.51. The summed E-state index contributed by atoms with van der Waals surface area (Å²) in [5, 5.41) is -1.01. The maximum Gasteiger partial charge on any atom is 0.256 e. The van der Waals surface area contributed by atoms with Gasteiger partial charge in [0.15, 0.2) is 0 Å². The van der Waals surface area contributed by atoms with Crippen molar-refractivity contribution >= 4 is 124 Å². The standard InChI is InChI=1S/C110H80B2N4O/c1-109(2,3)79-63-85(72-39-20-10-21-40-72)104(86(64-79)73-41-22-11-23-42-73)115-97-67-81(113-94-51-30-28-47-82(94)83-48-29-31-52-95(83)113)55-57-90(97)111-93-68-100-103-108(117-101-62-77(70-35-16-8-17-36-70)53-56-91(101)112(103)92-50-32-49-84-89-59-76(69-33-14-7-15-34-69)54-58-96(89)114(100)106(84)92)107(93)116(99-61-78(60-98(115)102(99)111)71-37-18-9-19-38-71)105-87(74-43-24-12-25-44-74)65-80(110(4,5)6)66-88(105)75-45-26-13-27-46-75/h7-68H,1-6H3/i7D,14D,15D,28D,29D,30D,31D,32D,33D,34D,47D,48D,49D,50D,51D,52D,54D,55D,57D,58D,59D,67D. The van der Waals surface area contributed by atoms with Crippen LogP contribution in [0.5, 0.6) is 11.5 Å². The molecular weight excluding hydrogens is 1410 g/mol. The van der Waals surface area contributed by atoms with Crippen LogP contribution < -0.4 is 47.3 Å². The van der Waals surface area contributed by atoms with Crippen LogP contribution in [0.15, 0.2) is 376 Å². The molecule has 0 bridgehead atoms. The van der Waals surface area contributed by atoms with Gasteiger partial charge < -0.3 is 23.7 Å². The summed E-state index contributed by atoms with van der Waals surface area (Å²) < 4.78 is 233. The van der Waals surface area contributed by atoms with Gasteiger partial charge in [-0.2, -0.15) is 0 Å². The minimum atomic E-state index is -1.48. The average molecular weight is 1520 g/mol. The maximum absolute atomic E-state index is 12.1. The zero-order chi connectivity index (χ0) is 97.3. The summed E-state index contributed by atoms with van der Waals surface area (Å²) in [4.78, 5) is 4.22. The summed E-state index contributed by atoms with van der Waals surface area (Å²) in [6.45, 7) is 10.2. The predicted octanol–water partition coefficient (Wildman–Crippen LogP) is 25.2. The molecule has 6 heterocycles. The summed E-state index contributed by atoms with van der Waals surface area (Å²) in [5.74, 6) is 0.376. The first-order valence-corrected chi connectivity index (χ1v) is 39.3. The van der Waals surface area contributed by atoms with Crippen LogP contribution in [0.3, 0.4) is 0 Å². The van der Waals surface area contributed by atoms with E-state index in [-0.39, 0.29) is 71.8 Å². The fourth-order valence-electron chi connectivity index (χ4n) is 18.3. The second kappa shape index (κ2) is 26.2. The van der Waals surface area contributed by atoms with Crippen molar-refractivity contribution in [2.45, 2.75) is 52.4 Å². The highest BCUT2D eigenvalue weighted by molar-refractivity contribution is 7.02. The van der Waals surface area contributed by atoms with E-state index < -0.39 is 185 Å². The van der Waals surface area contributed by atoms with E-state index in [4.69, 9.17) is 8.85 Å². The molecule has 19 aromatic rings. The van der Waals surface area contributed by atoms with E-state index >= 15 is 0 Å². The van der Waals surface area contributed by atoms with Crippen molar-refractivity contribution in [1.29, 1.82) is 0 Å². The van der Waals surface area contributed by atoms with Crippen molar-refractivity contribution in [3.63, 3.8) is 0 Å². The van der Waals surface area contributed by atoms with E-state index in [2.05, 4.69) is 107 Å². The summed E-state index contributed by atoms with van der Waals surface area (Å²) in [7, 11) is 0. The van der Waals surface area contributed by atoms with Crippen molar-refractivity contribution in [2.75, 3.05) is 9.80 Å². The predicted molar refractivity (Wildman–Crippen MR) is 496 cm³/mol. The van der Waals surface area contributed by atoms with Gasteiger partial charge in [-0.3, -0.25) is 0 Å². The lowest BCUT2D eigenvalue weighted by Gasteiger charge is -2.47. The number of fused-ring (bicyclic) bond motifs is 15. The van der Waals surface area contributed by atoms with E-state index in [1.54, 1.807) is 4.57 Å². The molecular formula is C110H80B2N4O. The molecule has 2 aromatic heterocycles. The van der Waals surface area contributed by atoms with E-state index in [0.717, 1.165) is 43.5 Å². The molecule has 117 heavy (non-hydrogen) atoms. The molecule has 0 amide bonds. The number of rotatable bonds is 10. The molecule has 17 aromatic carbocycles. The van der Waals surface area contributed by atoms with E-state index in [1.807, 2.05) is 187 Å². The van der Waals surface area contributed by atoms with Gasteiger partial charge >= 0.3 is 0 Å². The molecule has 4 aliphatic rings. The fourth-order valence-corrected chi connectivity index (χ4v) is 18.3. The molecule has 0 unspecified atom stereocenters. The van der Waals surface area contributed by atoms with E-state index in [1.165, 1.54) is 0 Å². The molecule has 0 N–H and O–H groups in total. The van der Waals surface area contributed by atoms with E-state index in [0.29, 0.717) is 83.8 Å². The summed E-state index contributed by atoms with van der Waals surface area (Å²) in [5.41, 5.74) is 10.6. The average Bonchev–Trinajstić information content (AvgIpc) is 1.62. The Morgan fingerprint density at radius 3 is 1.32 bits per heavy atom. The monoisotopic (exact) mass is 1520 g/mol. The number of hydrogen-bond acceptors (Lipinski definition) is 3. The second-order valence-electron chi connectivity index (χ2n) is 32.5. The third-order valence-corrected chi connectivity index (χ3v) is 23.7. The molecule has 0 saturated heterocycles. The zero-order valence-corrected chi connectivity index (χ0v) is 64.4. The highest BCUT2D eigenvalue weighted by Crippen LogP contribution is 2.58. The number of para-hydroxylation sites is 3. The van der Waals surface area contributed by atoms with Gasteiger partial charge in [-0.05, 0) is 195 Å². The van der Waals surface area contributed by atoms with Crippen LogP contribution in [0, 0.1) is 0 Å². The molecule has 552 valence electrons. The summed E-state index contributed by atoms with van der Waals surface area (Å²) in [6, 6.07) is 64.8. The van der Waals surface area contributed by atoms with Gasteiger partial charge in [0.05, 0.1) is 63.8 Å². The largest absolute Gasteiger partial charge is 0.456 e. The van der Waals surface area contributed by atoms with Gasteiger partial charge in [0.25, 0.3) is 13.4 Å². The van der Waals surface area contributed by atoms with Gasteiger partial charge in [0.2, 0.25) is 0 Å². The third kappa shape index (κ3) is 10.7. The van der Waals surface area contributed by atoms with Gasteiger partial charge in [0, 0.05) is 77.8 Å². The number of aromatic nitrogens is 2. The lowest BCUT2D eigenvalue weighted by atomic mass is 9.31. The molecule has 0 spiro atoms. The molecule has 7 heteroatoms. The quantitative estimate of drug-likeness (QED) is 0.128. The number of benzene rings is 17. The van der Waals surface area contributed by atoms with E-state index in [9.17, 15) is 26.0 Å². The lowest BCUT2D eigenvalue weighted by molar-refractivity contribution is 0.489.